The maximum atomic E-state index is 10.3. The van der Waals surface area contributed by atoms with E-state index < -0.39 is 12.0 Å². The largest absolute Gasteiger partial charge is 0.389 e. The van der Waals surface area contributed by atoms with Gasteiger partial charge in [0.05, 0.1) is 12.7 Å². The van der Waals surface area contributed by atoms with Crippen LogP contribution in [0.15, 0.2) is 0 Å². The van der Waals surface area contributed by atoms with Crippen LogP contribution < -0.4 is 11.2 Å². The molecule has 0 saturated heterocycles. The Kier molecular flexibility index (Phi) is 9.40. The van der Waals surface area contributed by atoms with Crippen molar-refractivity contribution in [2.45, 2.75) is 25.9 Å². The molecule has 0 aromatic heterocycles. The van der Waals surface area contributed by atoms with E-state index in [1.807, 2.05) is 0 Å². The van der Waals surface area contributed by atoms with Gasteiger partial charge in [0, 0.05) is 13.2 Å². The van der Waals surface area contributed by atoms with Gasteiger partial charge in [0.1, 0.15) is 6.61 Å². The molecule has 0 saturated carbocycles. The van der Waals surface area contributed by atoms with E-state index in [9.17, 15) is 9.90 Å². The topological polar surface area (TPSA) is 93.8 Å². The fraction of sp³-hybridized carbons (Fsp3) is 0.889. The molecule has 1 unspecified atom stereocenters. The van der Waals surface area contributed by atoms with Gasteiger partial charge in [0.15, 0.2) is 0 Å². The zero-order valence-electron chi connectivity index (χ0n) is 9.07. The summed E-state index contributed by atoms with van der Waals surface area (Å²) >= 11 is 0. The van der Waals surface area contributed by atoms with Crippen molar-refractivity contribution >= 4 is 5.91 Å². The quantitative estimate of drug-likeness (QED) is 0.330. The smallest absolute Gasteiger partial charge is 0.245 e. The van der Waals surface area contributed by atoms with Gasteiger partial charge in [0.25, 0.3) is 0 Å². The minimum absolute atomic E-state index is 0.205. The average molecular weight is 220 g/mol. The van der Waals surface area contributed by atoms with E-state index in [2.05, 4.69) is 17.2 Å². The molecule has 0 heterocycles. The van der Waals surface area contributed by atoms with Crippen LogP contribution in [0.5, 0.6) is 0 Å². The molecule has 1 atom stereocenters. The number of amides is 1. The van der Waals surface area contributed by atoms with Crippen LogP contribution in [-0.4, -0.2) is 43.5 Å². The second-order valence-corrected chi connectivity index (χ2v) is 3.19. The molecule has 0 fully saturated rings. The number of aliphatic hydroxyl groups is 1. The second-order valence-electron chi connectivity index (χ2n) is 3.19. The van der Waals surface area contributed by atoms with E-state index in [1.54, 1.807) is 0 Å². The number of hydroxylamine groups is 1. The van der Waals surface area contributed by atoms with Gasteiger partial charge >= 0.3 is 0 Å². The predicted molar refractivity (Wildman–Crippen MR) is 54.9 cm³/mol. The Morgan fingerprint density at radius 2 is 2.33 bits per heavy atom. The van der Waals surface area contributed by atoms with Crippen molar-refractivity contribution in [1.29, 1.82) is 0 Å². The van der Waals surface area contributed by atoms with Gasteiger partial charge in [0.2, 0.25) is 5.91 Å². The fourth-order valence-electron chi connectivity index (χ4n) is 0.802. The molecule has 0 aromatic rings. The number of carbonyl (C=O) groups is 1. The van der Waals surface area contributed by atoms with Crippen molar-refractivity contribution < 1.29 is 19.5 Å². The Hall–Kier alpha value is -0.690. The van der Waals surface area contributed by atoms with Gasteiger partial charge in [-0.05, 0) is 6.42 Å². The molecule has 90 valence electrons. The highest BCUT2D eigenvalue weighted by Gasteiger charge is 2.03. The van der Waals surface area contributed by atoms with Crippen molar-refractivity contribution in [3.05, 3.63) is 0 Å². The molecule has 0 radical (unpaired) electrons. The third-order valence-electron chi connectivity index (χ3n) is 1.59. The highest BCUT2D eigenvalue weighted by Crippen LogP contribution is 1.90. The van der Waals surface area contributed by atoms with Crippen molar-refractivity contribution in [3.63, 3.8) is 0 Å². The van der Waals surface area contributed by atoms with Gasteiger partial charge in [-0.3, -0.25) is 9.63 Å². The molecule has 6 nitrogen and oxygen atoms in total. The van der Waals surface area contributed by atoms with Crippen LogP contribution in [0.4, 0.5) is 0 Å². The number of rotatable bonds is 10. The van der Waals surface area contributed by atoms with E-state index in [0.717, 1.165) is 12.8 Å². The second kappa shape index (κ2) is 9.85. The Morgan fingerprint density at radius 1 is 1.60 bits per heavy atom. The van der Waals surface area contributed by atoms with Crippen LogP contribution >= 0.6 is 0 Å². The Labute approximate surface area is 89.7 Å². The molecule has 0 rings (SSSR count). The zero-order valence-corrected chi connectivity index (χ0v) is 9.07. The summed E-state index contributed by atoms with van der Waals surface area (Å²) < 4.78 is 5.18. The summed E-state index contributed by atoms with van der Waals surface area (Å²) in [5.41, 5.74) is 7.26. The van der Waals surface area contributed by atoms with E-state index >= 15 is 0 Å². The first kappa shape index (κ1) is 14.3. The summed E-state index contributed by atoms with van der Waals surface area (Å²) in [5, 5.41) is 9.33. The third kappa shape index (κ3) is 11.2. The lowest BCUT2D eigenvalue weighted by molar-refractivity contribution is -0.126. The lowest BCUT2D eigenvalue weighted by atomic mass is 10.3. The minimum atomic E-state index is -0.644. The van der Waals surface area contributed by atoms with Gasteiger partial charge in [-0.2, -0.15) is 5.48 Å². The first-order valence-electron chi connectivity index (χ1n) is 5.05. The summed E-state index contributed by atoms with van der Waals surface area (Å²) in [6.07, 6.45) is 1.41. The van der Waals surface area contributed by atoms with Crippen molar-refractivity contribution in [1.82, 2.24) is 5.48 Å². The highest BCUT2D eigenvalue weighted by atomic mass is 16.6. The number of unbranched alkanes of at least 4 members (excludes halogenated alkanes) is 1. The number of nitrogens with one attached hydrogen (secondary N) is 1. The molecule has 0 bridgehead atoms. The predicted octanol–water partition coefficient (Wildman–Crippen LogP) is -0.829. The Morgan fingerprint density at radius 3 is 2.93 bits per heavy atom. The lowest BCUT2D eigenvalue weighted by Gasteiger charge is -2.11. The van der Waals surface area contributed by atoms with Crippen LogP contribution in [-0.2, 0) is 14.4 Å². The molecule has 0 aliphatic carbocycles. The van der Waals surface area contributed by atoms with Crippen LogP contribution in [0, 0.1) is 0 Å². The summed E-state index contributed by atoms with van der Waals surface area (Å²) in [4.78, 5) is 14.9. The van der Waals surface area contributed by atoms with E-state index in [-0.39, 0.29) is 19.8 Å². The molecule has 6 heteroatoms. The molecule has 15 heavy (non-hydrogen) atoms. The molecule has 0 aliphatic heterocycles. The Balaban J connectivity index is 3.18. The van der Waals surface area contributed by atoms with Crippen LogP contribution in [0.3, 0.4) is 0 Å². The van der Waals surface area contributed by atoms with Gasteiger partial charge in [-0.25, -0.2) is 0 Å². The number of aliphatic hydroxyl groups excluding tert-OH is 1. The maximum Gasteiger partial charge on any atom is 0.245 e. The van der Waals surface area contributed by atoms with Crippen molar-refractivity contribution in [3.8, 4) is 0 Å². The molecule has 0 aliphatic rings. The van der Waals surface area contributed by atoms with E-state index in [4.69, 9.17) is 10.5 Å². The summed E-state index contributed by atoms with van der Waals surface area (Å²) in [7, 11) is 0. The molecule has 0 spiro atoms. The minimum Gasteiger partial charge on any atom is -0.389 e. The maximum absolute atomic E-state index is 10.3. The zero-order chi connectivity index (χ0) is 11.5. The van der Waals surface area contributed by atoms with Gasteiger partial charge < -0.3 is 15.6 Å². The highest BCUT2D eigenvalue weighted by molar-refractivity contribution is 5.74. The molecule has 4 N–H and O–H groups in total. The number of carbonyl (C=O) groups excluding carboxylic acids is 1. The molecular formula is C9H20N2O4. The SMILES string of the molecule is CCCCOCC(O)CNOCC(N)=O. The fourth-order valence-corrected chi connectivity index (χ4v) is 0.802. The lowest BCUT2D eigenvalue weighted by Crippen LogP contribution is -2.33. The van der Waals surface area contributed by atoms with Crippen LogP contribution in [0.2, 0.25) is 0 Å². The van der Waals surface area contributed by atoms with Crippen LogP contribution in [0.25, 0.3) is 0 Å². The number of primary amides is 1. The average Bonchev–Trinajstić information content (AvgIpc) is 2.19. The molecule has 1 amide bonds. The number of hydrogen-bond acceptors (Lipinski definition) is 5. The van der Waals surface area contributed by atoms with Gasteiger partial charge in [-0.1, -0.05) is 13.3 Å². The first-order valence-corrected chi connectivity index (χ1v) is 5.05. The van der Waals surface area contributed by atoms with Crippen molar-refractivity contribution in [2.24, 2.45) is 5.73 Å². The Bertz CT molecular complexity index is 166. The molecular weight excluding hydrogens is 200 g/mol. The summed E-state index contributed by atoms with van der Waals surface area (Å²) in [5.74, 6) is -0.559. The summed E-state index contributed by atoms with van der Waals surface area (Å²) in [6.45, 7) is 2.98. The van der Waals surface area contributed by atoms with Crippen LogP contribution in [0.1, 0.15) is 19.8 Å². The third-order valence-corrected chi connectivity index (χ3v) is 1.59. The summed E-state index contributed by atoms with van der Waals surface area (Å²) in [6, 6.07) is 0. The normalized spacial score (nSPS) is 12.7. The van der Waals surface area contributed by atoms with E-state index in [1.165, 1.54) is 0 Å². The van der Waals surface area contributed by atoms with Gasteiger partial charge in [-0.15, -0.1) is 0 Å². The monoisotopic (exact) mass is 220 g/mol. The molecule has 0 aromatic carbocycles. The number of ether oxygens (including phenoxy) is 1. The number of nitrogens with two attached hydrogens (primary N) is 1. The van der Waals surface area contributed by atoms with E-state index in [0.29, 0.717) is 6.61 Å². The van der Waals surface area contributed by atoms with Crippen molar-refractivity contribution in [2.75, 3.05) is 26.4 Å². The number of hydrogen-bond donors (Lipinski definition) is 3. The first-order chi connectivity index (χ1) is 7.16. The standard InChI is InChI=1S/C9H20N2O4/c1-2-3-4-14-6-8(12)5-11-15-7-9(10)13/h8,11-12H,2-7H2,1H3,(H2,10,13).